The number of nitrogens with one attached hydrogen (secondary N) is 1. The molecule has 0 radical (unpaired) electrons. The molecule has 1 N–H and O–H groups in total. The van der Waals surface area contributed by atoms with E-state index in [1.165, 1.54) is 7.11 Å². The molecule has 0 fully saturated rings. The Kier molecular flexibility index (Phi) is 6.65. The van der Waals surface area contributed by atoms with E-state index in [0.29, 0.717) is 6.61 Å². The lowest BCUT2D eigenvalue weighted by atomic mass is 10.2. The second-order valence-electron chi connectivity index (χ2n) is 5.80. The highest BCUT2D eigenvalue weighted by Crippen LogP contribution is 2.09. The summed E-state index contributed by atoms with van der Waals surface area (Å²) in [6.07, 6.45) is -1.39. The molecule has 118 valence electrons. The van der Waals surface area contributed by atoms with Crippen LogP contribution in [0.3, 0.4) is 0 Å². The minimum absolute atomic E-state index is 0.303. The van der Waals surface area contributed by atoms with Crippen molar-refractivity contribution < 1.29 is 19.0 Å². The molecule has 0 aliphatic heterocycles. The van der Waals surface area contributed by atoms with E-state index in [4.69, 9.17) is 14.2 Å². The summed E-state index contributed by atoms with van der Waals surface area (Å²) >= 11 is 0. The van der Waals surface area contributed by atoms with Gasteiger partial charge in [-0.15, -0.1) is 0 Å². The second-order valence-corrected chi connectivity index (χ2v) is 5.80. The van der Waals surface area contributed by atoms with Crippen molar-refractivity contribution in [2.45, 2.75) is 52.2 Å². The first kappa shape index (κ1) is 17.5. The van der Waals surface area contributed by atoms with Gasteiger partial charge in [-0.25, -0.2) is 4.79 Å². The molecule has 1 rings (SSSR count). The van der Waals surface area contributed by atoms with Crippen LogP contribution in [0.5, 0.6) is 0 Å². The van der Waals surface area contributed by atoms with Gasteiger partial charge in [0.1, 0.15) is 5.60 Å². The summed E-state index contributed by atoms with van der Waals surface area (Å²) in [5.74, 6) is 0. The molecule has 0 aliphatic rings. The van der Waals surface area contributed by atoms with Crippen molar-refractivity contribution >= 4 is 6.09 Å². The zero-order valence-corrected chi connectivity index (χ0v) is 13.4. The standard InChI is InChI=1S/C16H25NO4/c1-12(20-11-13-9-7-6-8-10-13)14(19-5)17-15(18)21-16(2,3)4/h6-10,12,14H,11H2,1-5H3,(H,17,18)/t12-,14?/m1/s1. The first-order valence-corrected chi connectivity index (χ1v) is 6.99. The molecule has 5 heteroatoms. The second kappa shape index (κ2) is 8.00. The van der Waals surface area contributed by atoms with Gasteiger partial charge in [-0.1, -0.05) is 30.3 Å². The molecular formula is C16H25NO4. The lowest BCUT2D eigenvalue weighted by molar-refractivity contribution is -0.0702. The molecule has 21 heavy (non-hydrogen) atoms. The fourth-order valence-corrected chi connectivity index (χ4v) is 1.68. The van der Waals surface area contributed by atoms with Gasteiger partial charge < -0.3 is 14.2 Å². The molecule has 0 aliphatic carbocycles. The predicted molar refractivity (Wildman–Crippen MR) is 80.9 cm³/mol. The smallest absolute Gasteiger partial charge is 0.409 e. The topological polar surface area (TPSA) is 56.8 Å². The number of hydrogen-bond donors (Lipinski definition) is 1. The number of amides is 1. The number of hydrogen-bond acceptors (Lipinski definition) is 4. The Labute approximate surface area is 126 Å². The average molecular weight is 295 g/mol. The van der Waals surface area contributed by atoms with Crippen molar-refractivity contribution in [3.63, 3.8) is 0 Å². The van der Waals surface area contributed by atoms with Crippen molar-refractivity contribution in [1.82, 2.24) is 5.32 Å². The van der Waals surface area contributed by atoms with Crippen LogP contribution in [0.2, 0.25) is 0 Å². The Balaban J connectivity index is 2.45. The van der Waals surface area contributed by atoms with Gasteiger partial charge in [-0.2, -0.15) is 0 Å². The van der Waals surface area contributed by atoms with Gasteiger partial charge in [-0.3, -0.25) is 5.32 Å². The Morgan fingerprint density at radius 1 is 1.24 bits per heavy atom. The summed E-state index contributed by atoms with van der Waals surface area (Å²) in [4.78, 5) is 11.7. The molecule has 0 bridgehead atoms. The van der Waals surface area contributed by atoms with Gasteiger partial charge in [0, 0.05) is 7.11 Å². The zero-order valence-electron chi connectivity index (χ0n) is 13.4. The first-order chi connectivity index (χ1) is 9.81. The Morgan fingerprint density at radius 2 is 1.86 bits per heavy atom. The normalized spacial score (nSPS) is 14.3. The highest BCUT2D eigenvalue weighted by molar-refractivity contribution is 5.67. The molecule has 5 nitrogen and oxygen atoms in total. The number of alkyl carbamates (subject to hydrolysis) is 1. The van der Waals surface area contributed by atoms with Crippen LogP contribution in [-0.2, 0) is 20.8 Å². The summed E-state index contributed by atoms with van der Waals surface area (Å²) in [6, 6.07) is 9.83. The molecule has 0 aromatic heterocycles. The molecule has 1 amide bonds. The van der Waals surface area contributed by atoms with E-state index < -0.39 is 17.9 Å². The number of ether oxygens (including phenoxy) is 3. The van der Waals surface area contributed by atoms with Crippen LogP contribution >= 0.6 is 0 Å². The van der Waals surface area contributed by atoms with Gasteiger partial charge in [0.25, 0.3) is 0 Å². The molecule has 1 unspecified atom stereocenters. The van der Waals surface area contributed by atoms with Crippen LogP contribution in [0.4, 0.5) is 4.79 Å². The highest BCUT2D eigenvalue weighted by atomic mass is 16.6. The summed E-state index contributed by atoms with van der Waals surface area (Å²) in [7, 11) is 1.52. The molecule has 0 saturated heterocycles. The van der Waals surface area contributed by atoms with Crippen molar-refractivity contribution in [3.8, 4) is 0 Å². The van der Waals surface area contributed by atoms with Crippen molar-refractivity contribution in [2.24, 2.45) is 0 Å². The van der Waals surface area contributed by atoms with Gasteiger partial charge >= 0.3 is 6.09 Å². The van der Waals surface area contributed by atoms with E-state index in [9.17, 15) is 4.79 Å². The van der Waals surface area contributed by atoms with E-state index in [1.807, 2.05) is 58.0 Å². The average Bonchev–Trinajstić information content (AvgIpc) is 2.41. The number of benzene rings is 1. The Morgan fingerprint density at radius 3 is 2.38 bits per heavy atom. The van der Waals surface area contributed by atoms with Crippen molar-refractivity contribution in [3.05, 3.63) is 35.9 Å². The summed E-state index contributed by atoms with van der Waals surface area (Å²) in [5.41, 5.74) is 0.521. The first-order valence-electron chi connectivity index (χ1n) is 6.99. The maximum atomic E-state index is 11.7. The molecular weight excluding hydrogens is 270 g/mol. The highest BCUT2D eigenvalue weighted by Gasteiger charge is 2.23. The van der Waals surface area contributed by atoms with E-state index in [2.05, 4.69) is 5.32 Å². The third-order valence-electron chi connectivity index (χ3n) is 2.69. The fraction of sp³-hybridized carbons (Fsp3) is 0.562. The van der Waals surface area contributed by atoms with E-state index in [0.717, 1.165) is 5.56 Å². The number of rotatable bonds is 6. The van der Waals surface area contributed by atoms with Crippen molar-refractivity contribution in [1.29, 1.82) is 0 Å². The molecule has 2 atom stereocenters. The molecule has 0 spiro atoms. The number of carbonyl (C=O) groups excluding carboxylic acids is 1. The van der Waals surface area contributed by atoms with Gasteiger partial charge in [-0.05, 0) is 33.3 Å². The number of carbonyl (C=O) groups is 1. The van der Waals surface area contributed by atoms with Crippen LogP contribution in [0, 0.1) is 0 Å². The largest absolute Gasteiger partial charge is 0.444 e. The minimum Gasteiger partial charge on any atom is -0.444 e. The van der Waals surface area contributed by atoms with E-state index in [-0.39, 0.29) is 6.10 Å². The molecule has 0 saturated carbocycles. The third kappa shape index (κ3) is 7.11. The van der Waals surface area contributed by atoms with Gasteiger partial charge in [0.2, 0.25) is 0 Å². The molecule has 1 aromatic carbocycles. The lowest BCUT2D eigenvalue weighted by Gasteiger charge is -2.26. The summed E-state index contributed by atoms with van der Waals surface area (Å²) in [6.45, 7) is 7.73. The fourth-order valence-electron chi connectivity index (χ4n) is 1.68. The lowest BCUT2D eigenvalue weighted by Crippen LogP contribution is -2.46. The SMILES string of the molecule is COC(NC(=O)OC(C)(C)C)[C@@H](C)OCc1ccccc1. The van der Waals surface area contributed by atoms with Crippen LogP contribution in [0.1, 0.15) is 33.3 Å². The Hall–Kier alpha value is -1.59. The predicted octanol–water partition coefficient (Wildman–Crippen LogP) is 3.09. The van der Waals surface area contributed by atoms with Crippen LogP contribution in [-0.4, -0.2) is 31.1 Å². The van der Waals surface area contributed by atoms with Gasteiger partial charge in [0.05, 0.1) is 12.7 Å². The third-order valence-corrected chi connectivity index (χ3v) is 2.69. The summed E-state index contributed by atoms with van der Waals surface area (Å²) in [5, 5.41) is 2.65. The quantitative estimate of drug-likeness (QED) is 0.819. The molecule has 0 heterocycles. The van der Waals surface area contributed by atoms with Crippen molar-refractivity contribution in [2.75, 3.05) is 7.11 Å². The maximum Gasteiger partial charge on any atom is 0.409 e. The summed E-state index contributed by atoms with van der Waals surface area (Å²) < 4.78 is 16.2. The van der Waals surface area contributed by atoms with Crippen LogP contribution < -0.4 is 5.32 Å². The van der Waals surface area contributed by atoms with E-state index >= 15 is 0 Å². The monoisotopic (exact) mass is 295 g/mol. The zero-order chi connectivity index (χ0) is 15.9. The molecule has 1 aromatic rings. The Bertz CT molecular complexity index is 428. The van der Waals surface area contributed by atoms with Crippen LogP contribution in [0.25, 0.3) is 0 Å². The number of methoxy groups -OCH3 is 1. The maximum absolute atomic E-state index is 11.7. The van der Waals surface area contributed by atoms with E-state index in [1.54, 1.807) is 0 Å². The van der Waals surface area contributed by atoms with Gasteiger partial charge in [0.15, 0.2) is 6.23 Å². The minimum atomic E-state index is -0.566. The van der Waals surface area contributed by atoms with Crippen LogP contribution in [0.15, 0.2) is 30.3 Å².